The Labute approximate surface area is 92.2 Å². The summed E-state index contributed by atoms with van der Waals surface area (Å²) in [6.45, 7) is 0.736. The molecule has 0 radical (unpaired) electrons. The zero-order chi connectivity index (χ0) is 11.6. The van der Waals surface area contributed by atoms with Crippen molar-refractivity contribution in [2.24, 2.45) is 0 Å². The van der Waals surface area contributed by atoms with Crippen molar-refractivity contribution in [2.75, 3.05) is 6.61 Å². The minimum Gasteiger partial charge on any atom is -0.456 e. The van der Waals surface area contributed by atoms with Crippen LogP contribution in [0, 0.1) is 0 Å². The fourth-order valence-electron chi connectivity index (χ4n) is 1.39. The van der Waals surface area contributed by atoms with Crippen molar-refractivity contribution in [1.82, 2.24) is 0 Å². The third kappa shape index (κ3) is 2.82. The predicted molar refractivity (Wildman–Crippen MR) is 52.3 cm³/mol. The van der Waals surface area contributed by atoms with E-state index in [4.69, 9.17) is 14.6 Å². The summed E-state index contributed by atoms with van der Waals surface area (Å²) >= 11 is 3.96. The molecule has 0 amide bonds. The standard InChI is InChI=1S/C8H14O6S/c1-3(10)13-7-6(12)5(11)4(2-9)14-8(7)15/h4-9,11-12,15H,2H2,1H3/t4-,5-,6+,7+,8-/m1/s1. The molecule has 5 atom stereocenters. The van der Waals surface area contributed by atoms with Crippen LogP contribution >= 0.6 is 12.6 Å². The van der Waals surface area contributed by atoms with Gasteiger partial charge in [-0.1, -0.05) is 0 Å². The number of carbonyl (C=O) groups is 1. The first-order valence-corrected chi connectivity index (χ1v) is 4.96. The van der Waals surface area contributed by atoms with E-state index in [-0.39, 0.29) is 0 Å². The molecule has 15 heavy (non-hydrogen) atoms. The molecule has 88 valence electrons. The zero-order valence-electron chi connectivity index (χ0n) is 8.11. The highest BCUT2D eigenvalue weighted by Gasteiger charge is 2.44. The van der Waals surface area contributed by atoms with E-state index >= 15 is 0 Å². The Kier molecular flexibility index (Phi) is 4.35. The molecule has 3 N–H and O–H groups in total. The first-order chi connectivity index (χ1) is 6.97. The molecule has 0 unspecified atom stereocenters. The molecule has 0 saturated carbocycles. The molecule has 1 saturated heterocycles. The van der Waals surface area contributed by atoms with Crippen LogP contribution in [0.1, 0.15) is 6.92 Å². The van der Waals surface area contributed by atoms with E-state index in [2.05, 4.69) is 12.6 Å². The van der Waals surface area contributed by atoms with E-state index in [1.54, 1.807) is 0 Å². The molecule has 0 aromatic rings. The smallest absolute Gasteiger partial charge is 0.303 e. The van der Waals surface area contributed by atoms with Gasteiger partial charge in [-0.05, 0) is 0 Å². The van der Waals surface area contributed by atoms with Crippen LogP contribution in [0.15, 0.2) is 0 Å². The second-order valence-corrected chi connectivity index (χ2v) is 3.81. The van der Waals surface area contributed by atoms with E-state index in [0.29, 0.717) is 0 Å². The molecule has 1 rings (SSSR count). The number of carbonyl (C=O) groups excluding carboxylic acids is 1. The molecule has 0 aromatic heterocycles. The summed E-state index contributed by atoms with van der Waals surface area (Å²) in [7, 11) is 0. The van der Waals surface area contributed by atoms with Crippen LogP contribution in [0.3, 0.4) is 0 Å². The molecular formula is C8H14O6S. The summed E-state index contributed by atoms with van der Waals surface area (Å²) in [5.41, 5.74) is -0.871. The number of ether oxygens (including phenoxy) is 2. The molecule has 6 nitrogen and oxygen atoms in total. The van der Waals surface area contributed by atoms with Gasteiger partial charge in [0.1, 0.15) is 23.7 Å². The number of aliphatic hydroxyl groups excluding tert-OH is 3. The van der Waals surface area contributed by atoms with Crippen LogP contribution < -0.4 is 0 Å². The van der Waals surface area contributed by atoms with Crippen molar-refractivity contribution in [3.8, 4) is 0 Å². The fraction of sp³-hybridized carbons (Fsp3) is 0.875. The van der Waals surface area contributed by atoms with E-state index in [1.807, 2.05) is 0 Å². The molecule has 1 heterocycles. The van der Waals surface area contributed by atoms with Gasteiger partial charge < -0.3 is 24.8 Å². The lowest BCUT2D eigenvalue weighted by molar-refractivity contribution is -0.217. The lowest BCUT2D eigenvalue weighted by Gasteiger charge is -2.39. The van der Waals surface area contributed by atoms with Crippen LogP contribution in [0.2, 0.25) is 0 Å². The fourth-order valence-corrected chi connectivity index (χ4v) is 1.78. The Balaban J connectivity index is 2.70. The molecule has 1 fully saturated rings. The van der Waals surface area contributed by atoms with Gasteiger partial charge in [0.25, 0.3) is 0 Å². The number of hydrogen-bond donors (Lipinski definition) is 4. The lowest BCUT2D eigenvalue weighted by atomic mass is 10.0. The Morgan fingerprint density at radius 3 is 2.53 bits per heavy atom. The first kappa shape index (κ1) is 12.7. The van der Waals surface area contributed by atoms with Crippen LogP contribution in [-0.2, 0) is 14.3 Å². The van der Waals surface area contributed by atoms with Gasteiger partial charge >= 0.3 is 5.97 Å². The monoisotopic (exact) mass is 238 g/mol. The molecule has 0 aromatic carbocycles. The number of hydrogen-bond acceptors (Lipinski definition) is 7. The quantitative estimate of drug-likeness (QED) is 0.338. The van der Waals surface area contributed by atoms with Crippen LogP contribution in [0.5, 0.6) is 0 Å². The van der Waals surface area contributed by atoms with Crippen molar-refractivity contribution >= 4 is 18.6 Å². The largest absolute Gasteiger partial charge is 0.456 e. The van der Waals surface area contributed by atoms with Crippen molar-refractivity contribution in [3.05, 3.63) is 0 Å². The minimum absolute atomic E-state index is 0.442. The Bertz CT molecular complexity index is 235. The molecule has 0 bridgehead atoms. The van der Waals surface area contributed by atoms with Gasteiger partial charge in [-0.15, -0.1) is 12.6 Å². The second-order valence-electron chi connectivity index (χ2n) is 3.30. The van der Waals surface area contributed by atoms with Crippen LogP contribution in [0.4, 0.5) is 0 Å². The average molecular weight is 238 g/mol. The maximum absolute atomic E-state index is 10.7. The lowest BCUT2D eigenvalue weighted by Crippen LogP contribution is -2.58. The summed E-state index contributed by atoms with van der Waals surface area (Å²) < 4.78 is 9.81. The molecular weight excluding hydrogens is 224 g/mol. The third-order valence-electron chi connectivity index (χ3n) is 2.14. The van der Waals surface area contributed by atoms with Crippen LogP contribution in [0.25, 0.3) is 0 Å². The topological polar surface area (TPSA) is 96.2 Å². The Morgan fingerprint density at radius 2 is 2.07 bits per heavy atom. The highest BCUT2D eigenvalue weighted by Crippen LogP contribution is 2.25. The highest BCUT2D eigenvalue weighted by molar-refractivity contribution is 7.80. The third-order valence-corrected chi connectivity index (χ3v) is 2.56. The molecule has 0 aliphatic carbocycles. The number of aliphatic hydroxyl groups is 3. The van der Waals surface area contributed by atoms with Crippen molar-refractivity contribution < 1.29 is 29.6 Å². The van der Waals surface area contributed by atoms with E-state index in [1.165, 1.54) is 6.92 Å². The van der Waals surface area contributed by atoms with Crippen LogP contribution in [-0.4, -0.2) is 57.7 Å². The molecule has 1 aliphatic heterocycles. The van der Waals surface area contributed by atoms with Gasteiger partial charge in [-0.3, -0.25) is 4.79 Å². The van der Waals surface area contributed by atoms with Gasteiger partial charge in [-0.2, -0.15) is 0 Å². The Hall–Kier alpha value is -0.340. The maximum Gasteiger partial charge on any atom is 0.303 e. The normalized spacial score (nSPS) is 41.3. The summed E-state index contributed by atoms with van der Waals surface area (Å²) in [6.07, 6.45) is -4.58. The molecule has 1 aliphatic rings. The predicted octanol–water partition coefficient (Wildman–Crippen LogP) is -1.71. The SMILES string of the molecule is CC(=O)O[C@H]1[C@@H](O)[C@H](O)[C@@H](CO)O[C@@H]1S. The first-order valence-electron chi connectivity index (χ1n) is 4.45. The Morgan fingerprint density at radius 1 is 1.47 bits per heavy atom. The average Bonchev–Trinajstić information content (AvgIpc) is 2.18. The number of thiol groups is 1. The van der Waals surface area contributed by atoms with Crippen molar-refractivity contribution in [3.63, 3.8) is 0 Å². The minimum atomic E-state index is -1.32. The summed E-state index contributed by atoms with van der Waals surface area (Å²) in [5.74, 6) is -0.601. The van der Waals surface area contributed by atoms with E-state index in [0.717, 1.165) is 0 Å². The van der Waals surface area contributed by atoms with E-state index < -0.39 is 42.4 Å². The van der Waals surface area contributed by atoms with Gasteiger partial charge in [0.15, 0.2) is 6.10 Å². The second kappa shape index (κ2) is 5.13. The molecule has 7 heteroatoms. The van der Waals surface area contributed by atoms with Gasteiger partial charge in [0, 0.05) is 6.92 Å². The summed E-state index contributed by atoms with van der Waals surface area (Å²) in [4.78, 5) is 10.7. The van der Waals surface area contributed by atoms with Crippen molar-refractivity contribution in [1.29, 1.82) is 0 Å². The maximum atomic E-state index is 10.7. The zero-order valence-corrected chi connectivity index (χ0v) is 9.00. The summed E-state index contributed by atoms with van der Waals surface area (Å²) in [5, 5.41) is 27.9. The summed E-state index contributed by atoms with van der Waals surface area (Å²) in [6, 6.07) is 0. The van der Waals surface area contributed by atoms with E-state index in [9.17, 15) is 15.0 Å². The highest BCUT2D eigenvalue weighted by atomic mass is 32.1. The number of rotatable bonds is 2. The number of esters is 1. The van der Waals surface area contributed by atoms with Gasteiger partial charge in [0.2, 0.25) is 0 Å². The van der Waals surface area contributed by atoms with Gasteiger partial charge in [-0.25, -0.2) is 0 Å². The van der Waals surface area contributed by atoms with Gasteiger partial charge in [0.05, 0.1) is 6.61 Å². The molecule has 0 spiro atoms. The van der Waals surface area contributed by atoms with Crippen molar-refractivity contribution in [2.45, 2.75) is 36.8 Å².